The number of aromatic nitrogens is 3. The van der Waals surface area contributed by atoms with Gasteiger partial charge in [0.1, 0.15) is 17.9 Å². The van der Waals surface area contributed by atoms with Gasteiger partial charge in [-0.3, -0.25) is 4.90 Å². The number of aryl methyl sites for hydroxylation is 1. The molecule has 1 unspecified atom stereocenters. The molecule has 0 saturated carbocycles. The highest BCUT2D eigenvalue weighted by atomic mass is 35.5. The topological polar surface area (TPSA) is 75.2 Å². The number of ether oxygens (including phenoxy) is 1. The molecule has 0 aliphatic carbocycles. The lowest BCUT2D eigenvalue weighted by Crippen LogP contribution is -2.43. The van der Waals surface area contributed by atoms with Gasteiger partial charge < -0.3 is 15.4 Å². The van der Waals surface area contributed by atoms with Crippen molar-refractivity contribution in [1.29, 1.82) is 0 Å². The molecule has 2 fully saturated rings. The van der Waals surface area contributed by atoms with E-state index in [0.29, 0.717) is 36.7 Å². The first-order valence-electron chi connectivity index (χ1n) is 12.0. The number of nitrogens with one attached hydrogen (secondary N) is 2. The minimum absolute atomic E-state index is 0.0728. The zero-order valence-electron chi connectivity index (χ0n) is 18.7. The average Bonchev–Trinajstić information content (AvgIpc) is 3.36. The zero-order valence-corrected chi connectivity index (χ0v) is 19.5. The Balaban J connectivity index is 1.50. The van der Waals surface area contributed by atoms with Crippen molar-refractivity contribution in [2.45, 2.75) is 57.4 Å². The minimum atomic E-state index is -0.609. The van der Waals surface area contributed by atoms with Crippen molar-refractivity contribution < 1.29 is 9.13 Å². The molecule has 0 radical (unpaired) electrons. The number of hydrogen-bond acceptors (Lipinski definition) is 7. The van der Waals surface area contributed by atoms with Crippen molar-refractivity contribution in [2.75, 3.05) is 44.6 Å². The van der Waals surface area contributed by atoms with Crippen molar-refractivity contribution >= 4 is 28.3 Å². The zero-order chi connectivity index (χ0) is 22.1. The Morgan fingerprint density at radius 3 is 2.78 bits per heavy atom. The number of fused-ring (bicyclic) bond motifs is 1. The minimum Gasteiger partial charge on any atom is -0.461 e. The predicted octanol–water partition coefficient (Wildman–Crippen LogP) is 3.80. The first kappa shape index (κ1) is 22.0. The molecule has 0 spiro atoms. The van der Waals surface area contributed by atoms with Crippen LogP contribution in [0.3, 0.4) is 0 Å². The number of hydrogen-bond donors (Lipinski definition) is 2. The van der Waals surface area contributed by atoms with Crippen LogP contribution in [-0.4, -0.2) is 64.7 Å². The summed E-state index contributed by atoms with van der Waals surface area (Å²) in [7, 11) is 0. The summed E-state index contributed by atoms with van der Waals surface area (Å²) in [5.41, 5.74) is 1.01. The Kier molecular flexibility index (Phi) is 6.36. The SMILES string of the molecule is CCC1CCc2nc(Cl)c(F)c3nc(OCC45CCCN4CCC5)nc(c23)NCCNC1. The molecule has 5 rings (SSSR count). The standard InChI is InChI=1S/C23H32ClFN6O/c1-2-15-5-6-16-17-19(18(25)20(24)28-16)29-22(30-21(17)27-10-9-26-13-15)32-14-23-7-3-11-31(23)12-4-8-23/h15,26H,2-14H2,1H3,(H,27,29,30). The van der Waals surface area contributed by atoms with Crippen molar-refractivity contribution in [2.24, 2.45) is 5.92 Å². The second-order valence-electron chi connectivity index (χ2n) is 9.39. The Labute approximate surface area is 193 Å². The normalized spacial score (nSPS) is 23.5. The van der Waals surface area contributed by atoms with Crippen LogP contribution in [0.2, 0.25) is 5.15 Å². The quantitative estimate of drug-likeness (QED) is 0.669. The molecule has 2 aromatic rings. The number of rotatable bonds is 4. The monoisotopic (exact) mass is 462 g/mol. The van der Waals surface area contributed by atoms with Gasteiger partial charge in [-0.1, -0.05) is 24.9 Å². The molecule has 1 atom stereocenters. The first-order chi connectivity index (χ1) is 15.6. The number of nitrogens with zero attached hydrogens (tertiary/aromatic N) is 4. The Morgan fingerprint density at radius 1 is 1.19 bits per heavy atom. The highest BCUT2D eigenvalue weighted by molar-refractivity contribution is 6.30. The van der Waals surface area contributed by atoms with Crippen LogP contribution in [0.1, 0.15) is 51.1 Å². The summed E-state index contributed by atoms with van der Waals surface area (Å²) in [5.74, 6) is 0.495. The largest absolute Gasteiger partial charge is 0.461 e. The van der Waals surface area contributed by atoms with E-state index in [0.717, 1.165) is 57.6 Å². The molecular weight excluding hydrogens is 431 g/mol. The van der Waals surface area contributed by atoms with E-state index in [1.165, 1.54) is 12.8 Å². The van der Waals surface area contributed by atoms with Gasteiger partial charge in [0, 0.05) is 13.1 Å². The van der Waals surface area contributed by atoms with Crippen molar-refractivity contribution in [3.05, 3.63) is 16.7 Å². The summed E-state index contributed by atoms with van der Waals surface area (Å²) in [6.45, 7) is 7.40. The van der Waals surface area contributed by atoms with Crippen molar-refractivity contribution in [3.63, 3.8) is 0 Å². The average molecular weight is 463 g/mol. The van der Waals surface area contributed by atoms with E-state index in [-0.39, 0.29) is 22.2 Å². The molecule has 3 aliphatic heterocycles. The van der Waals surface area contributed by atoms with Crippen LogP contribution >= 0.6 is 11.6 Å². The van der Waals surface area contributed by atoms with Crippen LogP contribution in [0.4, 0.5) is 10.2 Å². The van der Waals surface area contributed by atoms with E-state index in [2.05, 4.69) is 37.4 Å². The molecule has 0 bridgehead atoms. The van der Waals surface area contributed by atoms with Gasteiger partial charge in [0.15, 0.2) is 11.0 Å². The van der Waals surface area contributed by atoms with Gasteiger partial charge in [-0.2, -0.15) is 9.97 Å². The lowest BCUT2D eigenvalue weighted by atomic mass is 9.95. The predicted molar refractivity (Wildman–Crippen MR) is 124 cm³/mol. The van der Waals surface area contributed by atoms with Gasteiger partial charge in [0.2, 0.25) is 0 Å². The van der Waals surface area contributed by atoms with Crippen molar-refractivity contribution in [3.8, 4) is 6.01 Å². The third-order valence-electron chi connectivity index (χ3n) is 7.47. The molecule has 3 aliphatic rings. The highest BCUT2D eigenvalue weighted by Crippen LogP contribution is 2.39. The molecular formula is C23H32ClFN6O. The number of anilines is 1. The van der Waals surface area contributed by atoms with Crippen LogP contribution in [-0.2, 0) is 6.42 Å². The van der Waals surface area contributed by atoms with Crippen molar-refractivity contribution in [1.82, 2.24) is 25.2 Å². The molecule has 0 aromatic carbocycles. The molecule has 5 heterocycles. The van der Waals surface area contributed by atoms with Crippen LogP contribution in [0.25, 0.3) is 10.9 Å². The third kappa shape index (κ3) is 4.13. The van der Waals surface area contributed by atoms with Gasteiger partial charge >= 0.3 is 6.01 Å². The molecule has 2 aromatic heterocycles. The molecule has 9 heteroatoms. The maximum Gasteiger partial charge on any atom is 0.319 e. The van der Waals surface area contributed by atoms with E-state index in [4.69, 9.17) is 16.3 Å². The summed E-state index contributed by atoms with van der Waals surface area (Å²) < 4.78 is 21.2. The molecule has 2 N–H and O–H groups in total. The highest BCUT2D eigenvalue weighted by Gasteiger charge is 2.45. The van der Waals surface area contributed by atoms with Gasteiger partial charge in [0.05, 0.1) is 16.6 Å². The van der Waals surface area contributed by atoms with E-state index in [1.54, 1.807) is 0 Å². The van der Waals surface area contributed by atoms with E-state index in [9.17, 15) is 0 Å². The summed E-state index contributed by atoms with van der Waals surface area (Å²) in [4.78, 5) is 16.1. The fraction of sp³-hybridized carbons (Fsp3) is 0.696. The smallest absolute Gasteiger partial charge is 0.319 e. The third-order valence-corrected chi connectivity index (χ3v) is 7.72. The molecule has 32 heavy (non-hydrogen) atoms. The van der Waals surface area contributed by atoms with E-state index in [1.807, 2.05) is 0 Å². The number of pyridine rings is 1. The lowest BCUT2D eigenvalue weighted by molar-refractivity contribution is 0.108. The molecule has 174 valence electrons. The summed E-state index contributed by atoms with van der Waals surface area (Å²) in [6.07, 6.45) is 7.37. The van der Waals surface area contributed by atoms with Crippen LogP contribution in [0.5, 0.6) is 6.01 Å². The van der Waals surface area contributed by atoms with Crippen LogP contribution < -0.4 is 15.4 Å². The fourth-order valence-corrected chi connectivity index (χ4v) is 5.79. The van der Waals surface area contributed by atoms with E-state index >= 15 is 4.39 Å². The van der Waals surface area contributed by atoms with Gasteiger partial charge in [0.25, 0.3) is 0 Å². The Hall–Kier alpha value is -1.77. The van der Waals surface area contributed by atoms with Gasteiger partial charge in [-0.15, -0.1) is 0 Å². The van der Waals surface area contributed by atoms with Crippen LogP contribution in [0.15, 0.2) is 0 Å². The second kappa shape index (κ2) is 9.23. The fourth-order valence-electron chi connectivity index (χ4n) is 5.59. The Morgan fingerprint density at radius 2 is 2.00 bits per heavy atom. The summed E-state index contributed by atoms with van der Waals surface area (Å²) >= 11 is 6.20. The summed E-state index contributed by atoms with van der Waals surface area (Å²) in [5, 5.41) is 7.35. The molecule has 7 nitrogen and oxygen atoms in total. The molecule has 0 amide bonds. The Bertz CT molecular complexity index is 979. The van der Waals surface area contributed by atoms with E-state index < -0.39 is 5.82 Å². The number of halogens is 2. The maximum atomic E-state index is 15.1. The lowest BCUT2D eigenvalue weighted by Gasteiger charge is -2.31. The maximum absolute atomic E-state index is 15.1. The summed E-state index contributed by atoms with van der Waals surface area (Å²) in [6, 6.07) is 0.203. The molecule has 2 saturated heterocycles. The first-order valence-corrected chi connectivity index (χ1v) is 12.4. The van der Waals surface area contributed by atoms with Gasteiger partial charge in [-0.25, -0.2) is 9.37 Å². The second-order valence-corrected chi connectivity index (χ2v) is 9.75. The van der Waals surface area contributed by atoms with Gasteiger partial charge in [-0.05, 0) is 64.1 Å². The van der Waals surface area contributed by atoms with Crippen LogP contribution in [0, 0.1) is 11.7 Å².